The van der Waals surface area contributed by atoms with E-state index >= 15 is 0 Å². The molecule has 3 nitrogen and oxygen atoms in total. The molecule has 0 spiro atoms. The highest BCUT2D eigenvalue weighted by molar-refractivity contribution is 5.13. The number of hydrogen-bond acceptors (Lipinski definition) is 3. The first kappa shape index (κ1) is 10.2. The lowest BCUT2D eigenvalue weighted by Gasteiger charge is -2.15. The van der Waals surface area contributed by atoms with Crippen LogP contribution in [0, 0.1) is 0 Å². The number of rotatable bonds is 5. The van der Waals surface area contributed by atoms with Crippen molar-refractivity contribution in [2.24, 2.45) is 0 Å². The van der Waals surface area contributed by atoms with Gasteiger partial charge in [-0.1, -0.05) is 6.07 Å². The van der Waals surface area contributed by atoms with E-state index in [1.807, 2.05) is 32.3 Å². The molecule has 0 radical (unpaired) electrons. The summed E-state index contributed by atoms with van der Waals surface area (Å²) in [7, 11) is 1.93. The Labute approximate surface area is 79.1 Å². The number of nitrogens with zero attached hydrogens (tertiary/aromatic N) is 1. The second-order valence-corrected chi connectivity index (χ2v) is 2.79. The van der Waals surface area contributed by atoms with Gasteiger partial charge in [-0.15, -0.1) is 0 Å². The van der Waals surface area contributed by atoms with Crippen LogP contribution in [0.2, 0.25) is 0 Å². The molecule has 1 rings (SSSR count). The quantitative estimate of drug-likeness (QED) is 0.743. The van der Waals surface area contributed by atoms with Gasteiger partial charge in [-0.05, 0) is 25.6 Å². The van der Waals surface area contributed by atoms with Crippen molar-refractivity contribution in [2.75, 3.05) is 20.3 Å². The van der Waals surface area contributed by atoms with Gasteiger partial charge in [0, 0.05) is 19.0 Å². The molecule has 13 heavy (non-hydrogen) atoms. The van der Waals surface area contributed by atoms with Gasteiger partial charge in [-0.25, -0.2) is 0 Å². The Bertz CT molecular complexity index is 226. The van der Waals surface area contributed by atoms with E-state index < -0.39 is 0 Å². The Kier molecular flexibility index (Phi) is 4.43. The van der Waals surface area contributed by atoms with Crippen LogP contribution in [-0.4, -0.2) is 25.2 Å². The summed E-state index contributed by atoms with van der Waals surface area (Å²) in [6.07, 6.45) is 3.64. The Balaban J connectivity index is 2.56. The van der Waals surface area contributed by atoms with Gasteiger partial charge < -0.3 is 10.1 Å². The summed E-state index contributed by atoms with van der Waals surface area (Å²) in [5.41, 5.74) is 1.17. The zero-order chi connectivity index (χ0) is 9.52. The molecule has 1 heterocycles. The number of nitrogens with one attached hydrogen (secondary N) is 1. The van der Waals surface area contributed by atoms with Crippen LogP contribution < -0.4 is 5.32 Å². The Hall–Kier alpha value is -0.930. The molecule has 0 bridgehead atoms. The SMILES string of the molecule is CCOCC(NC)c1cccnc1. The van der Waals surface area contributed by atoms with Gasteiger partial charge in [0.2, 0.25) is 0 Å². The molecule has 0 saturated carbocycles. The third-order valence-electron chi connectivity index (χ3n) is 1.92. The van der Waals surface area contributed by atoms with Crippen LogP contribution in [0.5, 0.6) is 0 Å². The number of hydrogen-bond donors (Lipinski definition) is 1. The minimum atomic E-state index is 0.244. The van der Waals surface area contributed by atoms with Crippen molar-refractivity contribution in [2.45, 2.75) is 13.0 Å². The molecule has 0 amide bonds. The summed E-state index contributed by atoms with van der Waals surface area (Å²) in [6, 6.07) is 4.23. The summed E-state index contributed by atoms with van der Waals surface area (Å²) in [4.78, 5) is 4.07. The van der Waals surface area contributed by atoms with Gasteiger partial charge in [0.15, 0.2) is 0 Å². The molecule has 1 aromatic heterocycles. The minimum Gasteiger partial charge on any atom is -0.380 e. The lowest BCUT2D eigenvalue weighted by molar-refractivity contribution is 0.125. The molecular weight excluding hydrogens is 164 g/mol. The van der Waals surface area contributed by atoms with Crippen molar-refractivity contribution >= 4 is 0 Å². The number of ether oxygens (including phenoxy) is 1. The van der Waals surface area contributed by atoms with Gasteiger partial charge in [0.1, 0.15) is 0 Å². The summed E-state index contributed by atoms with van der Waals surface area (Å²) in [6.45, 7) is 3.44. The van der Waals surface area contributed by atoms with Crippen molar-refractivity contribution in [3.05, 3.63) is 30.1 Å². The predicted molar refractivity (Wildman–Crippen MR) is 52.5 cm³/mol. The fourth-order valence-corrected chi connectivity index (χ4v) is 1.16. The van der Waals surface area contributed by atoms with E-state index in [1.54, 1.807) is 6.20 Å². The van der Waals surface area contributed by atoms with Crippen LogP contribution in [-0.2, 0) is 4.74 Å². The molecule has 1 N–H and O–H groups in total. The predicted octanol–water partition coefficient (Wildman–Crippen LogP) is 1.38. The second kappa shape index (κ2) is 5.67. The molecule has 0 aliphatic heterocycles. The Morgan fingerprint density at radius 1 is 1.62 bits per heavy atom. The third kappa shape index (κ3) is 3.13. The van der Waals surface area contributed by atoms with Crippen molar-refractivity contribution in [3.8, 4) is 0 Å². The Morgan fingerprint density at radius 3 is 3.00 bits per heavy atom. The zero-order valence-corrected chi connectivity index (χ0v) is 8.16. The average molecular weight is 180 g/mol. The molecule has 0 aromatic carbocycles. The van der Waals surface area contributed by atoms with Gasteiger partial charge in [0.25, 0.3) is 0 Å². The van der Waals surface area contributed by atoms with Crippen LogP contribution in [0.3, 0.4) is 0 Å². The van der Waals surface area contributed by atoms with E-state index in [1.165, 1.54) is 5.56 Å². The van der Waals surface area contributed by atoms with E-state index in [4.69, 9.17) is 4.74 Å². The Morgan fingerprint density at radius 2 is 2.46 bits per heavy atom. The minimum absolute atomic E-state index is 0.244. The van der Waals surface area contributed by atoms with E-state index in [-0.39, 0.29) is 6.04 Å². The summed E-state index contributed by atoms with van der Waals surface area (Å²) < 4.78 is 5.35. The number of aromatic nitrogens is 1. The van der Waals surface area contributed by atoms with Crippen LogP contribution in [0.25, 0.3) is 0 Å². The van der Waals surface area contributed by atoms with Gasteiger partial charge in [0.05, 0.1) is 12.6 Å². The third-order valence-corrected chi connectivity index (χ3v) is 1.92. The van der Waals surface area contributed by atoms with Crippen molar-refractivity contribution in [1.29, 1.82) is 0 Å². The van der Waals surface area contributed by atoms with Crippen LogP contribution in [0.4, 0.5) is 0 Å². The normalized spacial score (nSPS) is 12.8. The van der Waals surface area contributed by atoms with Crippen LogP contribution in [0.1, 0.15) is 18.5 Å². The average Bonchev–Trinajstić information content (AvgIpc) is 2.21. The maximum Gasteiger partial charge on any atom is 0.0661 e. The highest BCUT2D eigenvalue weighted by Crippen LogP contribution is 2.10. The summed E-state index contributed by atoms with van der Waals surface area (Å²) in [5, 5.41) is 3.19. The van der Waals surface area contributed by atoms with Crippen molar-refractivity contribution < 1.29 is 4.74 Å². The van der Waals surface area contributed by atoms with E-state index in [0.717, 1.165) is 6.61 Å². The second-order valence-electron chi connectivity index (χ2n) is 2.79. The maximum absolute atomic E-state index is 5.35. The topological polar surface area (TPSA) is 34.1 Å². The smallest absolute Gasteiger partial charge is 0.0661 e. The van der Waals surface area contributed by atoms with Crippen molar-refractivity contribution in [3.63, 3.8) is 0 Å². The molecule has 0 fully saturated rings. The molecule has 0 aliphatic rings. The van der Waals surface area contributed by atoms with Gasteiger partial charge >= 0.3 is 0 Å². The fraction of sp³-hybridized carbons (Fsp3) is 0.500. The first-order valence-electron chi connectivity index (χ1n) is 4.53. The fourth-order valence-electron chi connectivity index (χ4n) is 1.16. The van der Waals surface area contributed by atoms with Crippen LogP contribution in [0.15, 0.2) is 24.5 Å². The molecule has 0 saturated heterocycles. The van der Waals surface area contributed by atoms with Gasteiger partial charge in [-0.2, -0.15) is 0 Å². The first-order chi connectivity index (χ1) is 6.38. The lowest BCUT2D eigenvalue weighted by atomic mass is 10.1. The monoisotopic (exact) mass is 180 g/mol. The van der Waals surface area contributed by atoms with E-state index in [2.05, 4.69) is 10.3 Å². The largest absolute Gasteiger partial charge is 0.380 e. The summed E-state index contributed by atoms with van der Waals surface area (Å²) >= 11 is 0. The maximum atomic E-state index is 5.35. The van der Waals surface area contributed by atoms with E-state index in [0.29, 0.717) is 6.61 Å². The molecule has 72 valence electrons. The zero-order valence-electron chi connectivity index (χ0n) is 8.16. The molecule has 3 heteroatoms. The molecule has 1 unspecified atom stereocenters. The van der Waals surface area contributed by atoms with Gasteiger partial charge in [-0.3, -0.25) is 4.98 Å². The first-order valence-corrected chi connectivity index (χ1v) is 4.53. The molecule has 1 atom stereocenters. The molecule has 1 aromatic rings. The molecule has 0 aliphatic carbocycles. The summed E-state index contributed by atoms with van der Waals surface area (Å²) in [5.74, 6) is 0. The lowest BCUT2D eigenvalue weighted by Crippen LogP contribution is -2.21. The molecular formula is C10H16N2O. The number of likely N-dealkylation sites (N-methyl/N-ethyl adjacent to an activating group) is 1. The highest BCUT2D eigenvalue weighted by Gasteiger charge is 2.07. The highest BCUT2D eigenvalue weighted by atomic mass is 16.5. The number of pyridine rings is 1. The van der Waals surface area contributed by atoms with Crippen molar-refractivity contribution in [1.82, 2.24) is 10.3 Å². The van der Waals surface area contributed by atoms with E-state index in [9.17, 15) is 0 Å². The standard InChI is InChI=1S/C10H16N2O/c1-3-13-8-10(11-2)9-5-4-6-12-7-9/h4-7,10-11H,3,8H2,1-2H3. The van der Waals surface area contributed by atoms with Crippen LogP contribution >= 0.6 is 0 Å².